The van der Waals surface area contributed by atoms with Crippen LogP contribution in [-0.4, -0.2) is 9.97 Å². The van der Waals surface area contributed by atoms with Crippen LogP contribution in [0.25, 0.3) is 0 Å². The zero-order valence-corrected chi connectivity index (χ0v) is 10.1. The fourth-order valence-corrected chi connectivity index (χ4v) is 3.24. The van der Waals surface area contributed by atoms with Crippen LogP contribution in [0, 0.1) is 0 Å². The Balaban J connectivity index is 1.89. The SMILES string of the molecule is O=c1[nH]ccnc1NC1CCCc2sccc21. The number of hydrogen-bond acceptors (Lipinski definition) is 4. The number of fused-ring (bicyclic) bond motifs is 1. The van der Waals surface area contributed by atoms with Crippen LogP contribution in [0.5, 0.6) is 0 Å². The number of aromatic nitrogens is 2. The van der Waals surface area contributed by atoms with Crippen molar-refractivity contribution in [3.8, 4) is 0 Å². The Hall–Kier alpha value is -1.62. The van der Waals surface area contributed by atoms with Gasteiger partial charge in [-0.25, -0.2) is 4.98 Å². The van der Waals surface area contributed by atoms with Gasteiger partial charge >= 0.3 is 0 Å². The molecule has 0 saturated carbocycles. The van der Waals surface area contributed by atoms with Gasteiger partial charge in [-0.3, -0.25) is 4.79 Å². The molecule has 0 fully saturated rings. The average Bonchev–Trinajstić information content (AvgIpc) is 2.81. The van der Waals surface area contributed by atoms with Crippen molar-refractivity contribution in [3.63, 3.8) is 0 Å². The Morgan fingerprint density at radius 2 is 2.47 bits per heavy atom. The van der Waals surface area contributed by atoms with Crippen LogP contribution in [0.4, 0.5) is 5.82 Å². The first-order valence-electron chi connectivity index (χ1n) is 5.71. The summed E-state index contributed by atoms with van der Waals surface area (Å²) < 4.78 is 0. The van der Waals surface area contributed by atoms with Gasteiger partial charge in [0.15, 0.2) is 5.82 Å². The van der Waals surface area contributed by atoms with Crippen molar-refractivity contribution in [1.82, 2.24) is 9.97 Å². The third-order valence-corrected chi connectivity index (χ3v) is 4.07. The minimum absolute atomic E-state index is 0.158. The lowest BCUT2D eigenvalue weighted by atomic mass is 9.94. The summed E-state index contributed by atoms with van der Waals surface area (Å²) in [5, 5.41) is 5.36. The van der Waals surface area contributed by atoms with Crippen molar-refractivity contribution in [2.75, 3.05) is 5.32 Å². The quantitative estimate of drug-likeness (QED) is 0.856. The number of nitrogens with zero attached hydrogens (tertiary/aromatic N) is 1. The largest absolute Gasteiger partial charge is 0.359 e. The molecule has 0 aliphatic heterocycles. The molecule has 2 N–H and O–H groups in total. The van der Waals surface area contributed by atoms with Crippen LogP contribution in [0.3, 0.4) is 0 Å². The molecule has 2 heterocycles. The van der Waals surface area contributed by atoms with Gasteiger partial charge in [0.25, 0.3) is 5.56 Å². The average molecular weight is 247 g/mol. The van der Waals surface area contributed by atoms with Crippen molar-refractivity contribution in [3.05, 3.63) is 44.6 Å². The van der Waals surface area contributed by atoms with E-state index in [4.69, 9.17) is 0 Å². The van der Waals surface area contributed by atoms with Gasteiger partial charge in [-0.1, -0.05) is 0 Å². The monoisotopic (exact) mass is 247 g/mol. The van der Waals surface area contributed by atoms with E-state index >= 15 is 0 Å². The molecule has 17 heavy (non-hydrogen) atoms. The van der Waals surface area contributed by atoms with E-state index in [9.17, 15) is 4.79 Å². The molecular weight excluding hydrogens is 234 g/mol. The molecule has 1 atom stereocenters. The maximum Gasteiger partial charge on any atom is 0.290 e. The van der Waals surface area contributed by atoms with Gasteiger partial charge < -0.3 is 10.3 Å². The van der Waals surface area contributed by atoms with E-state index in [0.29, 0.717) is 5.82 Å². The topological polar surface area (TPSA) is 57.8 Å². The Morgan fingerprint density at radius 1 is 1.53 bits per heavy atom. The van der Waals surface area contributed by atoms with E-state index in [1.54, 1.807) is 23.7 Å². The predicted octanol–water partition coefficient (Wildman–Crippen LogP) is 2.32. The minimum Gasteiger partial charge on any atom is -0.359 e. The van der Waals surface area contributed by atoms with E-state index in [2.05, 4.69) is 26.7 Å². The molecule has 2 aromatic rings. The first-order chi connectivity index (χ1) is 8.34. The van der Waals surface area contributed by atoms with E-state index in [0.717, 1.165) is 19.3 Å². The molecule has 0 bridgehead atoms. The second-order valence-electron chi connectivity index (χ2n) is 4.16. The second-order valence-corrected chi connectivity index (χ2v) is 5.16. The lowest BCUT2D eigenvalue weighted by Crippen LogP contribution is -2.21. The fraction of sp³-hybridized carbons (Fsp3) is 0.333. The third-order valence-electron chi connectivity index (χ3n) is 3.07. The molecule has 0 saturated heterocycles. The van der Waals surface area contributed by atoms with Crippen molar-refractivity contribution >= 4 is 17.2 Å². The number of nitrogens with one attached hydrogen (secondary N) is 2. The van der Waals surface area contributed by atoms with Crippen molar-refractivity contribution in [1.29, 1.82) is 0 Å². The summed E-state index contributed by atoms with van der Waals surface area (Å²) in [5.74, 6) is 0.413. The summed E-state index contributed by atoms with van der Waals surface area (Å²) in [6, 6.07) is 2.37. The van der Waals surface area contributed by atoms with Gasteiger partial charge in [-0.15, -0.1) is 11.3 Å². The zero-order chi connectivity index (χ0) is 11.7. The van der Waals surface area contributed by atoms with E-state index in [1.807, 2.05) is 0 Å². The van der Waals surface area contributed by atoms with Crippen LogP contribution < -0.4 is 10.9 Å². The van der Waals surface area contributed by atoms with Gasteiger partial charge in [0.2, 0.25) is 0 Å². The molecule has 0 aromatic carbocycles. The Kier molecular flexibility index (Phi) is 2.68. The first kappa shape index (κ1) is 10.5. The van der Waals surface area contributed by atoms with Crippen LogP contribution in [0.2, 0.25) is 0 Å². The number of aryl methyl sites for hydroxylation is 1. The summed E-state index contributed by atoms with van der Waals surface area (Å²) in [6.45, 7) is 0. The van der Waals surface area contributed by atoms with Crippen LogP contribution in [-0.2, 0) is 6.42 Å². The molecule has 1 unspecified atom stereocenters. The molecule has 0 amide bonds. The van der Waals surface area contributed by atoms with E-state index < -0.39 is 0 Å². The Bertz CT molecular complexity index is 575. The number of hydrogen-bond donors (Lipinski definition) is 2. The van der Waals surface area contributed by atoms with Crippen molar-refractivity contribution < 1.29 is 0 Å². The van der Waals surface area contributed by atoms with Crippen LogP contribution in [0.15, 0.2) is 28.6 Å². The van der Waals surface area contributed by atoms with Crippen molar-refractivity contribution in [2.45, 2.75) is 25.3 Å². The number of rotatable bonds is 2. The van der Waals surface area contributed by atoms with E-state index in [1.165, 1.54) is 10.4 Å². The molecule has 5 heteroatoms. The van der Waals surface area contributed by atoms with Gasteiger partial charge in [-0.2, -0.15) is 0 Å². The minimum atomic E-state index is -0.158. The molecule has 1 aliphatic carbocycles. The Labute approximate surface area is 103 Å². The number of anilines is 1. The maximum absolute atomic E-state index is 11.6. The van der Waals surface area contributed by atoms with Crippen molar-refractivity contribution in [2.24, 2.45) is 0 Å². The fourth-order valence-electron chi connectivity index (χ4n) is 2.26. The summed E-state index contributed by atoms with van der Waals surface area (Å²) in [6.07, 6.45) is 6.52. The summed E-state index contributed by atoms with van der Waals surface area (Å²) >= 11 is 1.80. The van der Waals surface area contributed by atoms with E-state index in [-0.39, 0.29) is 11.6 Å². The predicted molar refractivity (Wildman–Crippen MR) is 68.5 cm³/mol. The molecule has 0 radical (unpaired) electrons. The molecule has 2 aromatic heterocycles. The third kappa shape index (κ3) is 1.98. The van der Waals surface area contributed by atoms with Crippen LogP contribution in [0.1, 0.15) is 29.3 Å². The van der Waals surface area contributed by atoms with Gasteiger partial charge in [0.1, 0.15) is 0 Å². The van der Waals surface area contributed by atoms with Gasteiger partial charge in [0.05, 0.1) is 6.04 Å². The maximum atomic E-state index is 11.6. The summed E-state index contributed by atoms with van der Waals surface area (Å²) in [4.78, 5) is 19.7. The number of H-pyrrole nitrogens is 1. The zero-order valence-electron chi connectivity index (χ0n) is 9.27. The molecule has 3 rings (SSSR count). The number of aromatic amines is 1. The summed E-state index contributed by atoms with van der Waals surface area (Å²) in [5.41, 5.74) is 1.17. The summed E-state index contributed by atoms with van der Waals surface area (Å²) in [7, 11) is 0. The van der Waals surface area contributed by atoms with Gasteiger partial charge in [0, 0.05) is 17.3 Å². The second kappa shape index (κ2) is 4.33. The molecule has 1 aliphatic rings. The van der Waals surface area contributed by atoms with Crippen LogP contribution >= 0.6 is 11.3 Å². The lowest BCUT2D eigenvalue weighted by molar-refractivity contribution is 0.606. The highest BCUT2D eigenvalue weighted by atomic mass is 32.1. The lowest BCUT2D eigenvalue weighted by Gasteiger charge is -2.23. The highest BCUT2D eigenvalue weighted by Gasteiger charge is 2.21. The standard InChI is InChI=1S/C12H13N3OS/c16-12-11(13-5-6-14-12)15-9-2-1-3-10-8(9)4-7-17-10/h4-7,9H,1-3H2,(H,13,15)(H,14,16). The Morgan fingerprint density at radius 3 is 3.35 bits per heavy atom. The molecule has 0 spiro atoms. The first-order valence-corrected chi connectivity index (χ1v) is 6.59. The highest BCUT2D eigenvalue weighted by Crippen LogP contribution is 2.34. The molecule has 88 valence electrons. The highest BCUT2D eigenvalue weighted by molar-refractivity contribution is 7.10. The smallest absolute Gasteiger partial charge is 0.290 e. The number of thiophene rings is 1. The molecular formula is C12H13N3OS. The molecule has 4 nitrogen and oxygen atoms in total. The normalized spacial score (nSPS) is 18.7. The van der Waals surface area contributed by atoms with Gasteiger partial charge in [-0.05, 0) is 36.3 Å².